The number of benzene rings is 2. The minimum absolute atomic E-state index is 0.295. The molecule has 2 nitrogen and oxygen atoms in total. The van der Waals surface area contributed by atoms with Crippen molar-refractivity contribution in [3.05, 3.63) is 60.7 Å². The molecular weight excluding hydrogens is 299 g/mol. The van der Waals surface area contributed by atoms with Crippen molar-refractivity contribution >= 4 is 18.5 Å². The van der Waals surface area contributed by atoms with Gasteiger partial charge in [-0.25, -0.2) is 0 Å². The lowest BCUT2D eigenvalue weighted by Crippen LogP contribution is -2.47. The molecule has 2 aromatic carbocycles. The third-order valence-electron chi connectivity index (χ3n) is 4.70. The average Bonchev–Trinajstić information content (AvgIpc) is 2.62. The van der Waals surface area contributed by atoms with E-state index in [2.05, 4.69) is 66.0 Å². The monoisotopic (exact) mass is 326 g/mol. The maximum atomic E-state index is 6.26. The summed E-state index contributed by atoms with van der Waals surface area (Å²) >= 11 is 0. The highest BCUT2D eigenvalue weighted by atomic mass is 31.1. The molecule has 0 heterocycles. The molecule has 3 N–H and O–H groups in total. The SMILES string of the molecule is NC1CCCCC1NCCP(c1ccccc1)c1ccccc1. The quantitative estimate of drug-likeness (QED) is 0.801. The third kappa shape index (κ3) is 4.64. The third-order valence-corrected chi connectivity index (χ3v) is 7.21. The van der Waals surface area contributed by atoms with Crippen LogP contribution >= 0.6 is 7.92 Å². The Hall–Kier alpha value is -1.21. The van der Waals surface area contributed by atoms with Gasteiger partial charge in [-0.15, -0.1) is 0 Å². The van der Waals surface area contributed by atoms with Crippen LogP contribution in [0.15, 0.2) is 60.7 Å². The minimum Gasteiger partial charge on any atom is -0.326 e. The zero-order chi connectivity index (χ0) is 15.9. The van der Waals surface area contributed by atoms with Gasteiger partial charge in [-0.05, 0) is 44.1 Å². The zero-order valence-corrected chi connectivity index (χ0v) is 14.6. The summed E-state index contributed by atoms with van der Waals surface area (Å²) in [6, 6.07) is 22.7. The standard InChI is InChI=1S/C20H27N2P/c21-19-13-7-8-14-20(19)22-15-16-23(17-9-3-1-4-10-17)18-11-5-2-6-12-18/h1-6,9-12,19-20,22H,7-8,13-16,21H2. The molecule has 3 heteroatoms. The Balaban J connectivity index is 1.65. The topological polar surface area (TPSA) is 38.0 Å². The Morgan fingerprint density at radius 2 is 1.43 bits per heavy atom. The molecule has 1 aliphatic rings. The van der Waals surface area contributed by atoms with Crippen LogP contribution in [0.4, 0.5) is 0 Å². The second kappa shape index (κ2) is 8.59. The smallest absolute Gasteiger partial charge is 0.0219 e. The molecule has 2 atom stereocenters. The first-order valence-electron chi connectivity index (χ1n) is 8.71. The summed E-state index contributed by atoms with van der Waals surface area (Å²) in [4.78, 5) is 0. The van der Waals surface area contributed by atoms with Gasteiger partial charge in [-0.2, -0.15) is 0 Å². The van der Waals surface area contributed by atoms with Crippen LogP contribution in [0.3, 0.4) is 0 Å². The summed E-state index contributed by atoms with van der Waals surface area (Å²) < 4.78 is 0. The van der Waals surface area contributed by atoms with Crippen molar-refractivity contribution < 1.29 is 0 Å². The molecule has 0 aromatic heterocycles. The van der Waals surface area contributed by atoms with Crippen LogP contribution < -0.4 is 21.7 Å². The van der Waals surface area contributed by atoms with E-state index in [1.54, 1.807) is 0 Å². The first kappa shape index (κ1) is 16.6. The van der Waals surface area contributed by atoms with Crippen LogP contribution in [0.2, 0.25) is 0 Å². The van der Waals surface area contributed by atoms with E-state index < -0.39 is 0 Å². The van der Waals surface area contributed by atoms with Crippen LogP contribution in [-0.2, 0) is 0 Å². The average molecular weight is 326 g/mol. The Morgan fingerprint density at radius 3 is 2.00 bits per heavy atom. The van der Waals surface area contributed by atoms with Gasteiger partial charge in [0.15, 0.2) is 0 Å². The summed E-state index contributed by atoms with van der Waals surface area (Å²) in [5.41, 5.74) is 6.26. The van der Waals surface area contributed by atoms with Crippen LogP contribution in [-0.4, -0.2) is 24.8 Å². The van der Waals surface area contributed by atoms with Gasteiger partial charge >= 0.3 is 0 Å². The summed E-state index contributed by atoms with van der Waals surface area (Å²) in [7, 11) is -0.295. The van der Waals surface area contributed by atoms with Crippen molar-refractivity contribution in [3.63, 3.8) is 0 Å². The molecule has 0 aliphatic heterocycles. The maximum Gasteiger partial charge on any atom is 0.0219 e. The number of nitrogens with one attached hydrogen (secondary N) is 1. The van der Waals surface area contributed by atoms with Gasteiger partial charge in [0.2, 0.25) is 0 Å². The van der Waals surface area contributed by atoms with E-state index in [0.29, 0.717) is 12.1 Å². The Labute approximate surface area is 141 Å². The normalized spacial score (nSPS) is 21.5. The molecule has 23 heavy (non-hydrogen) atoms. The fraction of sp³-hybridized carbons (Fsp3) is 0.400. The summed E-state index contributed by atoms with van der Waals surface area (Å²) in [6.07, 6.45) is 6.18. The van der Waals surface area contributed by atoms with Gasteiger partial charge in [0, 0.05) is 12.1 Å². The van der Waals surface area contributed by atoms with Crippen molar-refractivity contribution in [2.75, 3.05) is 12.7 Å². The highest BCUT2D eigenvalue weighted by Gasteiger charge is 2.21. The van der Waals surface area contributed by atoms with E-state index in [-0.39, 0.29) is 7.92 Å². The number of hydrogen-bond acceptors (Lipinski definition) is 2. The molecule has 2 unspecified atom stereocenters. The molecule has 1 aliphatic carbocycles. The maximum absolute atomic E-state index is 6.26. The number of hydrogen-bond donors (Lipinski definition) is 2. The molecule has 1 saturated carbocycles. The second-order valence-electron chi connectivity index (χ2n) is 6.33. The Bertz CT molecular complexity index is 533. The van der Waals surface area contributed by atoms with E-state index >= 15 is 0 Å². The van der Waals surface area contributed by atoms with Crippen LogP contribution in [0.25, 0.3) is 0 Å². The van der Waals surface area contributed by atoms with Gasteiger partial charge < -0.3 is 11.1 Å². The molecule has 3 rings (SSSR count). The molecule has 2 aromatic rings. The minimum atomic E-state index is -0.295. The van der Waals surface area contributed by atoms with Crippen molar-refractivity contribution in [1.29, 1.82) is 0 Å². The van der Waals surface area contributed by atoms with Gasteiger partial charge in [-0.1, -0.05) is 73.5 Å². The molecule has 0 bridgehead atoms. The van der Waals surface area contributed by atoms with Crippen LogP contribution in [0.1, 0.15) is 25.7 Å². The molecule has 0 amide bonds. The zero-order valence-electron chi connectivity index (χ0n) is 13.7. The second-order valence-corrected chi connectivity index (χ2v) is 8.67. The number of rotatable bonds is 6. The van der Waals surface area contributed by atoms with Crippen molar-refractivity contribution in [2.45, 2.75) is 37.8 Å². The molecule has 0 saturated heterocycles. The predicted octanol–water partition coefficient (Wildman–Crippen LogP) is 2.98. The summed E-state index contributed by atoms with van der Waals surface area (Å²) in [5, 5.41) is 6.66. The summed E-state index contributed by atoms with van der Waals surface area (Å²) in [6.45, 7) is 1.05. The largest absolute Gasteiger partial charge is 0.326 e. The molecule has 1 fully saturated rings. The highest BCUT2D eigenvalue weighted by molar-refractivity contribution is 7.73. The van der Waals surface area contributed by atoms with Crippen molar-refractivity contribution in [2.24, 2.45) is 5.73 Å². The fourth-order valence-electron chi connectivity index (χ4n) is 3.40. The number of nitrogens with two attached hydrogens (primary N) is 1. The molecular formula is C20H27N2P. The van der Waals surface area contributed by atoms with Gasteiger partial charge in [-0.3, -0.25) is 0 Å². The van der Waals surface area contributed by atoms with E-state index in [1.165, 1.54) is 42.5 Å². The van der Waals surface area contributed by atoms with Gasteiger partial charge in [0.1, 0.15) is 0 Å². The van der Waals surface area contributed by atoms with Crippen molar-refractivity contribution in [3.8, 4) is 0 Å². The van der Waals surface area contributed by atoms with Crippen molar-refractivity contribution in [1.82, 2.24) is 5.32 Å². The van der Waals surface area contributed by atoms with E-state index in [9.17, 15) is 0 Å². The van der Waals surface area contributed by atoms with Crippen LogP contribution in [0, 0.1) is 0 Å². The fourth-order valence-corrected chi connectivity index (χ4v) is 5.63. The van der Waals surface area contributed by atoms with Crippen LogP contribution in [0.5, 0.6) is 0 Å². The lowest BCUT2D eigenvalue weighted by Gasteiger charge is -2.30. The molecule has 0 spiro atoms. The lowest BCUT2D eigenvalue weighted by molar-refractivity contribution is 0.333. The highest BCUT2D eigenvalue weighted by Crippen LogP contribution is 2.32. The first-order valence-corrected chi connectivity index (χ1v) is 10.2. The van der Waals surface area contributed by atoms with E-state index in [0.717, 1.165) is 6.54 Å². The van der Waals surface area contributed by atoms with E-state index in [1.807, 2.05) is 0 Å². The predicted molar refractivity (Wildman–Crippen MR) is 102 cm³/mol. The van der Waals surface area contributed by atoms with Gasteiger partial charge in [0.05, 0.1) is 0 Å². The Morgan fingerprint density at radius 1 is 0.870 bits per heavy atom. The van der Waals surface area contributed by atoms with E-state index in [4.69, 9.17) is 5.73 Å². The summed E-state index contributed by atoms with van der Waals surface area (Å²) in [5.74, 6) is 0. The van der Waals surface area contributed by atoms with Gasteiger partial charge in [0.25, 0.3) is 0 Å². The first-order chi connectivity index (χ1) is 11.3. The lowest BCUT2D eigenvalue weighted by atomic mass is 9.91. The molecule has 0 radical (unpaired) electrons. The Kier molecular flexibility index (Phi) is 6.21. The molecule has 122 valence electrons.